The summed E-state index contributed by atoms with van der Waals surface area (Å²) in [5.74, 6) is 1.48. The zero-order valence-corrected chi connectivity index (χ0v) is 16.6. The van der Waals surface area contributed by atoms with E-state index in [2.05, 4.69) is 45.0 Å². The minimum absolute atomic E-state index is 0.193. The molecule has 0 N–H and O–H groups in total. The van der Waals surface area contributed by atoms with Crippen molar-refractivity contribution in [1.29, 1.82) is 0 Å². The van der Waals surface area contributed by atoms with Crippen LogP contribution in [0.2, 0.25) is 0 Å². The van der Waals surface area contributed by atoms with E-state index < -0.39 is 0 Å². The molecule has 0 radical (unpaired) electrons. The summed E-state index contributed by atoms with van der Waals surface area (Å²) < 4.78 is 17.2. The molecule has 0 spiro atoms. The number of hydrogen-bond acceptors (Lipinski definition) is 3. The topological polar surface area (TPSA) is 27.7 Å². The highest BCUT2D eigenvalue weighted by Crippen LogP contribution is 2.41. The van der Waals surface area contributed by atoms with Crippen LogP contribution >= 0.6 is 0 Å². The highest BCUT2D eigenvalue weighted by Gasteiger charge is 2.29. The van der Waals surface area contributed by atoms with E-state index in [0.29, 0.717) is 24.5 Å². The van der Waals surface area contributed by atoms with Gasteiger partial charge in [-0.15, -0.1) is 0 Å². The predicted molar refractivity (Wildman–Crippen MR) is 103 cm³/mol. The summed E-state index contributed by atoms with van der Waals surface area (Å²) in [5.41, 5.74) is 1.83. The summed E-state index contributed by atoms with van der Waals surface area (Å²) in [6.45, 7) is 8.06. The Bertz CT molecular complexity index is 477. The number of hydrogen-bond donors (Lipinski definition) is 0. The lowest BCUT2D eigenvalue weighted by Gasteiger charge is -2.27. The van der Waals surface area contributed by atoms with Crippen molar-refractivity contribution in [2.24, 2.45) is 5.41 Å². The fraction of sp³-hybridized carbons (Fsp3) is 0.727. The standard InChI is InChI=1S/C22H36O3/c1-5-18(2)19-8-10-20(11-9-19)25-21(24-17-16-23-4)12-15-22(3)13-6-7-14-22/h8-11,18,21H,5-7,12-17H2,1-4H3. The summed E-state index contributed by atoms with van der Waals surface area (Å²) >= 11 is 0. The Hall–Kier alpha value is -1.06. The first kappa shape index (κ1) is 20.3. The molecule has 0 aliphatic heterocycles. The smallest absolute Gasteiger partial charge is 0.199 e. The molecule has 1 aliphatic rings. The quantitative estimate of drug-likeness (QED) is 0.366. The van der Waals surface area contributed by atoms with Crippen LogP contribution in [-0.2, 0) is 9.47 Å². The molecule has 142 valence electrons. The van der Waals surface area contributed by atoms with Gasteiger partial charge in [0.15, 0.2) is 6.29 Å². The largest absolute Gasteiger partial charge is 0.465 e. The van der Waals surface area contributed by atoms with Crippen molar-refractivity contribution in [1.82, 2.24) is 0 Å². The summed E-state index contributed by atoms with van der Waals surface area (Å²) in [5, 5.41) is 0. The van der Waals surface area contributed by atoms with Crippen LogP contribution in [-0.4, -0.2) is 26.6 Å². The molecule has 0 aromatic heterocycles. The minimum Gasteiger partial charge on any atom is -0.465 e. The van der Waals surface area contributed by atoms with Crippen LogP contribution in [0.25, 0.3) is 0 Å². The second-order valence-electron chi connectivity index (χ2n) is 7.85. The van der Waals surface area contributed by atoms with Gasteiger partial charge in [0.05, 0.1) is 13.2 Å². The molecule has 3 nitrogen and oxygen atoms in total. The molecule has 1 aliphatic carbocycles. The van der Waals surface area contributed by atoms with Gasteiger partial charge in [-0.1, -0.05) is 45.7 Å². The SMILES string of the molecule is CCC(C)c1ccc(OC(CCC2(C)CCCC2)OCCOC)cc1. The van der Waals surface area contributed by atoms with Crippen LogP contribution < -0.4 is 4.74 Å². The number of ether oxygens (including phenoxy) is 3. The molecule has 0 heterocycles. The van der Waals surface area contributed by atoms with Crippen molar-refractivity contribution in [3.8, 4) is 5.75 Å². The first-order valence-electron chi connectivity index (χ1n) is 9.93. The Morgan fingerprint density at radius 1 is 1.08 bits per heavy atom. The molecule has 1 saturated carbocycles. The van der Waals surface area contributed by atoms with Crippen molar-refractivity contribution >= 4 is 0 Å². The molecule has 25 heavy (non-hydrogen) atoms. The second kappa shape index (κ2) is 10.2. The first-order chi connectivity index (χ1) is 12.1. The fourth-order valence-electron chi connectivity index (χ4n) is 3.65. The maximum absolute atomic E-state index is 6.16. The van der Waals surface area contributed by atoms with Crippen molar-refractivity contribution in [2.45, 2.75) is 77.9 Å². The van der Waals surface area contributed by atoms with E-state index in [4.69, 9.17) is 14.2 Å². The first-order valence-corrected chi connectivity index (χ1v) is 9.93. The molecule has 0 amide bonds. The molecule has 2 rings (SSSR count). The lowest BCUT2D eigenvalue weighted by atomic mass is 9.84. The summed E-state index contributed by atoms with van der Waals surface area (Å²) in [6, 6.07) is 8.50. The van der Waals surface area contributed by atoms with Gasteiger partial charge in [0.2, 0.25) is 0 Å². The van der Waals surface area contributed by atoms with E-state index in [1.807, 2.05) is 0 Å². The monoisotopic (exact) mass is 348 g/mol. The van der Waals surface area contributed by atoms with Crippen molar-refractivity contribution < 1.29 is 14.2 Å². The molecule has 0 bridgehead atoms. The Morgan fingerprint density at radius 2 is 1.76 bits per heavy atom. The summed E-state index contributed by atoms with van der Waals surface area (Å²) in [7, 11) is 1.70. The molecule has 1 aromatic carbocycles. The van der Waals surface area contributed by atoms with E-state index in [9.17, 15) is 0 Å². The van der Waals surface area contributed by atoms with E-state index in [1.54, 1.807) is 7.11 Å². The van der Waals surface area contributed by atoms with E-state index in [1.165, 1.54) is 31.2 Å². The van der Waals surface area contributed by atoms with Crippen LogP contribution in [0.15, 0.2) is 24.3 Å². The fourth-order valence-corrected chi connectivity index (χ4v) is 3.65. The molecule has 3 heteroatoms. The maximum Gasteiger partial charge on any atom is 0.199 e. The summed E-state index contributed by atoms with van der Waals surface area (Å²) in [4.78, 5) is 0. The van der Waals surface area contributed by atoms with Crippen molar-refractivity contribution in [2.75, 3.05) is 20.3 Å². The van der Waals surface area contributed by atoms with Gasteiger partial charge in [-0.05, 0) is 54.7 Å². The van der Waals surface area contributed by atoms with Gasteiger partial charge in [-0.3, -0.25) is 0 Å². The van der Waals surface area contributed by atoms with Gasteiger partial charge < -0.3 is 14.2 Å². The molecule has 1 aromatic rings. The molecule has 1 fully saturated rings. The van der Waals surface area contributed by atoms with Gasteiger partial charge in [-0.2, -0.15) is 0 Å². The Kier molecular flexibility index (Phi) is 8.25. The average Bonchev–Trinajstić information content (AvgIpc) is 3.06. The molecular formula is C22H36O3. The van der Waals surface area contributed by atoms with Crippen LogP contribution in [0, 0.1) is 5.41 Å². The Morgan fingerprint density at radius 3 is 2.36 bits per heavy atom. The highest BCUT2D eigenvalue weighted by atomic mass is 16.7. The minimum atomic E-state index is -0.193. The molecular weight excluding hydrogens is 312 g/mol. The summed E-state index contributed by atoms with van der Waals surface area (Å²) in [6.07, 6.45) is 8.46. The van der Waals surface area contributed by atoms with Gasteiger partial charge in [-0.25, -0.2) is 0 Å². The third-order valence-electron chi connectivity index (χ3n) is 5.71. The number of benzene rings is 1. The van der Waals surface area contributed by atoms with Gasteiger partial charge in [0.25, 0.3) is 0 Å². The lowest BCUT2D eigenvalue weighted by Crippen LogP contribution is -2.25. The maximum atomic E-state index is 6.16. The second-order valence-corrected chi connectivity index (χ2v) is 7.85. The normalized spacial score (nSPS) is 18.9. The lowest BCUT2D eigenvalue weighted by molar-refractivity contribution is -0.100. The highest BCUT2D eigenvalue weighted by molar-refractivity contribution is 5.29. The average molecular weight is 349 g/mol. The van der Waals surface area contributed by atoms with E-state index >= 15 is 0 Å². The number of rotatable bonds is 11. The van der Waals surface area contributed by atoms with Crippen LogP contribution in [0.3, 0.4) is 0 Å². The van der Waals surface area contributed by atoms with Gasteiger partial charge in [0.1, 0.15) is 5.75 Å². The van der Waals surface area contributed by atoms with Crippen molar-refractivity contribution in [3.63, 3.8) is 0 Å². The predicted octanol–water partition coefficient (Wildman–Crippen LogP) is 5.93. The van der Waals surface area contributed by atoms with E-state index in [-0.39, 0.29) is 6.29 Å². The van der Waals surface area contributed by atoms with Crippen LogP contribution in [0.1, 0.15) is 77.2 Å². The zero-order chi connectivity index (χ0) is 18.1. The molecule has 0 saturated heterocycles. The third-order valence-corrected chi connectivity index (χ3v) is 5.71. The Balaban J connectivity index is 1.92. The van der Waals surface area contributed by atoms with Crippen molar-refractivity contribution in [3.05, 3.63) is 29.8 Å². The van der Waals surface area contributed by atoms with Crippen LogP contribution in [0.5, 0.6) is 5.75 Å². The molecule has 2 unspecified atom stereocenters. The van der Waals surface area contributed by atoms with E-state index in [0.717, 1.165) is 25.0 Å². The number of methoxy groups -OCH3 is 1. The third kappa shape index (κ3) is 6.63. The van der Waals surface area contributed by atoms with Gasteiger partial charge >= 0.3 is 0 Å². The van der Waals surface area contributed by atoms with Gasteiger partial charge in [0, 0.05) is 13.5 Å². The zero-order valence-electron chi connectivity index (χ0n) is 16.6. The molecule has 2 atom stereocenters. The Labute approximate surface area is 154 Å². The van der Waals surface area contributed by atoms with Crippen LogP contribution in [0.4, 0.5) is 0 Å².